The van der Waals surface area contributed by atoms with Crippen LogP contribution in [0.3, 0.4) is 0 Å². The highest BCUT2D eigenvalue weighted by atomic mass is 15.3. The van der Waals surface area contributed by atoms with Gasteiger partial charge in [0.25, 0.3) is 0 Å². The summed E-state index contributed by atoms with van der Waals surface area (Å²) in [5.41, 5.74) is 6.13. The van der Waals surface area contributed by atoms with Crippen LogP contribution < -0.4 is 5.73 Å². The summed E-state index contributed by atoms with van der Waals surface area (Å²) >= 11 is 0. The third-order valence-electron chi connectivity index (χ3n) is 3.89. The third kappa shape index (κ3) is 2.48. The van der Waals surface area contributed by atoms with Crippen molar-refractivity contribution in [2.24, 2.45) is 5.73 Å². The van der Waals surface area contributed by atoms with Crippen LogP contribution in [0.4, 0.5) is 0 Å². The molecule has 1 saturated heterocycles. The Hall–Kier alpha value is -0.0800. The average Bonchev–Trinajstić information content (AvgIpc) is 2.51. The maximum atomic E-state index is 6.13. The Kier molecular flexibility index (Phi) is 3.82. The largest absolute Gasteiger partial charge is 0.316 e. The van der Waals surface area contributed by atoms with E-state index in [0.717, 1.165) is 6.04 Å². The summed E-state index contributed by atoms with van der Waals surface area (Å²) in [6, 6.07) is 0.813. The SMILES string of the molecule is NC1CCCN1C1CCCCCCC1. The molecule has 1 heterocycles. The van der Waals surface area contributed by atoms with E-state index >= 15 is 0 Å². The molecule has 82 valence electrons. The fraction of sp³-hybridized carbons (Fsp3) is 1.00. The molecule has 0 aromatic carbocycles. The van der Waals surface area contributed by atoms with E-state index in [4.69, 9.17) is 5.73 Å². The van der Waals surface area contributed by atoms with Gasteiger partial charge >= 0.3 is 0 Å². The van der Waals surface area contributed by atoms with Crippen molar-refractivity contribution in [3.8, 4) is 0 Å². The van der Waals surface area contributed by atoms with Crippen molar-refractivity contribution in [2.45, 2.75) is 70.0 Å². The quantitative estimate of drug-likeness (QED) is 0.698. The van der Waals surface area contributed by atoms with E-state index in [-0.39, 0.29) is 0 Å². The fourth-order valence-electron chi connectivity index (χ4n) is 3.03. The lowest BCUT2D eigenvalue weighted by atomic mass is 9.95. The van der Waals surface area contributed by atoms with Gasteiger partial charge in [0.1, 0.15) is 0 Å². The van der Waals surface area contributed by atoms with Crippen LogP contribution >= 0.6 is 0 Å². The molecule has 2 nitrogen and oxygen atoms in total. The average molecular weight is 196 g/mol. The fourth-order valence-corrected chi connectivity index (χ4v) is 3.03. The summed E-state index contributed by atoms with van der Waals surface area (Å²) in [7, 11) is 0. The molecule has 0 spiro atoms. The van der Waals surface area contributed by atoms with Gasteiger partial charge in [-0.2, -0.15) is 0 Å². The first kappa shape index (κ1) is 10.4. The molecular formula is C12H24N2. The Morgan fingerprint density at radius 1 is 0.786 bits per heavy atom. The third-order valence-corrected chi connectivity index (χ3v) is 3.89. The van der Waals surface area contributed by atoms with Crippen molar-refractivity contribution < 1.29 is 0 Å². The number of nitrogens with two attached hydrogens (primary N) is 1. The van der Waals surface area contributed by atoms with Crippen molar-refractivity contribution in [3.63, 3.8) is 0 Å². The standard InChI is InChI=1S/C12H24N2/c13-12-9-6-10-14(12)11-7-4-2-1-3-5-8-11/h11-12H,1-10,13H2. The number of nitrogens with zero attached hydrogens (tertiary/aromatic N) is 1. The predicted octanol–water partition coefficient (Wildman–Crippen LogP) is 2.48. The van der Waals surface area contributed by atoms with E-state index in [1.807, 2.05) is 0 Å². The lowest BCUT2D eigenvalue weighted by Crippen LogP contribution is -2.44. The van der Waals surface area contributed by atoms with Gasteiger partial charge in [0.05, 0.1) is 6.17 Å². The van der Waals surface area contributed by atoms with Crippen LogP contribution in [-0.2, 0) is 0 Å². The second-order valence-corrected chi connectivity index (χ2v) is 4.95. The first-order valence-electron chi connectivity index (χ1n) is 6.39. The van der Waals surface area contributed by atoms with Gasteiger partial charge in [0.2, 0.25) is 0 Å². The van der Waals surface area contributed by atoms with Gasteiger partial charge in [-0.25, -0.2) is 0 Å². The molecule has 14 heavy (non-hydrogen) atoms. The van der Waals surface area contributed by atoms with Crippen LogP contribution in [0.2, 0.25) is 0 Å². The lowest BCUT2D eigenvalue weighted by Gasteiger charge is -2.32. The molecule has 0 aromatic heterocycles. The number of hydrogen-bond acceptors (Lipinski definition) is 2. The zero-order valence-corrected chi connectivity index (χ0v) is 9.25. The number of likely N-dealkylation sites (tertiary alicyclic amines) is 1. The summed E-state index contributed by atoms with van der Waals surface area (Å²) in [5, 5.41) is 0. The van der Waals surface area contributed by atoms with Crippen LogP contribution in [-0.4, -0.2) is 23.7 Å². The zero-order chi connectivity index (χ0) is 9.80. The van der Waals surface area contributed by atoms with Crippen LogP contribution in [0.15, 0.2) is 0 Å². The smallest absolute Gasteiger partial charge is 0.0574 e. The highest BCUT2D eigenvalue weighted by molar-refractivity contribution is 4.82. The first-order chi connectivity index (χ1) is 6.88. The molecular weight excluding hydrogens is 172 g/mol. The highest BCUT2D eigenvalue weighted by Gasteiger charge is 2.27. The lowest BCUT2D eigenvalue weighted by molar-refractivity contribution is 0.154. The molecule has 0 amide bonds. The van der Waals surface area contributed by atoms with E-state index < -0.39 is 0 Å². The van der Waals surface area contributed by atoms with Gasteiger partial charge in [0.15, 0.2) is 0 Å². The molecule has 1 aliphatic carbocycles. The van der Waals surface area contributed by atoms with Crippen molar-refractivity contribution >= 4 is 0 Å². The van der Waals surface area contributed by atoms with E-state index in [2.05, 4.69) is 4.90 Å². The Labute approximate surface area is 87.8 Å². The summed E-state index contributed by atoms with van der Waals surface area (Å²) in [6.45, 7) is 1.26. The van der Waals surface area contributed by atoms with Gasteiger partial charge in [-0.05, 0) is 25.7 Å². The Morgan fingerprint density at radius 2 is 1.43 bits per heavy atom. The Balaban J connectivity index is 1.86. The molecule has 0 aromatic rings. The molecule has 1 saturated carbocycles. The number of rotatable bonds is 1. The maximum Gasteiger partial charge on any atom is 0.0574 e. The zero-order valence-electron chi connectivity index (χ0n) is 9.25. The minimum atomic E-state index is 0.374. The summed E-state index contributed by atoms with van der Waals surface area (Å²) in [6.07, 6.45) is 12.9. The Morgan fingerprint density at radius 3 is 2.00 bits per heavy atom. The summed E-state index contributed by atoms with van der Waals surface area (Å²) in [5.74, 6) is 0. The molecule has 2 heteroatoms. The topological polar surface area (TPSA) is 29.3 Å². The number of hydrogen-bond donors (Lipinski definition) is 1. The van der Waals surface area contributed by atoms with Gasteiger partial charge < -0.3 is 5.73 Å². The molecule has 2 N–H and O–H groups in total. The van der Waals surface area contributed by atoms with Crippen LogP contribution in [0, 0.1) is 0 Å². The maximum absolute atomic E-state index is 6.13. The summed E-state index contributed by atoms with van der Waals surface area (Å²) in [4.78, 5) is 2.57. The normalized spacial score (nSPS) is 32.8. The minimum Gasteiger partial charge on any atom is -0.316 e. The van der Waals surface area contributed by atoms with E-state index in [1.54, 1.807) is 0 Å². The van der Waals surface area contributed by atoms with Crippen molar-refractivity contribution in [1.82, 2.24) is 4.90 Å². The van der Waals surface area contributed by atoms with Crippen LogP contribution in [0.25, 0.3) is 0 Å². The molecule has 1 unspecified atom stereocenters. The predicted molar refractivity (Wildman–Crippen MR) is 60.0 cm³/mol. The second-order valence-electron chi connectivity index (χ2n) is 4.95. The second kappa shape index (κ2) is 5.13. The molecule has 2 rings (SSSR count). The van der Waals surface area contributed by atoms with E-state index in [1.165, 1.54) is 64.3 Å². The van der Waals surface area contributed by atoms with Gasteiger partial charge in [0, 0.05) is 12.6 Å². The van der Waals surface area contributed by atoms with Crippen LogP contribution in [0.1, 0.15) is 57.8 Å². The molecule has 2 aliphatic rings. The van der Waals surface area contributed by atoms with Crippen molar-refractivity contribution in [2.75, 3.05) is 6.54 Å². The molecule has 2 fully saturated rings. The van der Waals surface area contributed by atoms with E-state index in [0.29, 0.717) is 6.17 Å². The Bertz CT molecular complexity index is 162. The van der Waals surface area contributed by atoms with Crippen molar-refractivity contribution in [1.29, 1.82) is 0 Å². The molecule has 0 radical (unpaired) electrons. The monoisotopic (exact) mass is 196 g/mol. The minimum absolute atomic E-state index is 0.374. The van der Waals surface area contributed by atoms with E-state index in [9.17, 15) is 0 Å². The van der Waals surface area contributed by atoms with Gasteiger partial charge in [-0.3, -0.25) is 4.90 Å². The molecule has 0 bridgehead atoms. The molecule has 1 aliphatic heterocycles. The van der Waals surface area contributed by atoms with Crippen molar-refractivity contribution in [3.05, 3.63) is 0 Å². The van der Waals surface area contributed by atoms with Gasteiger partial charge in [-0.15, -0.1) is 0 Å². The summed E-state index contributed by atoms with van der Waals surface area (Å²) < 4.78 is 0. The molecule has 1 atom stereocenters. The highest BCUT2D eigenvalue weighted by Crippen LogP contribution is 2.26. The van der Waals surface area contributed by atoms with Gasteiger partial charge in [-0.1, -0.05) is 32.1 Å². The first-order valence-corrected chi connectivity index (χ1v) is 6.39. The van der Waals surface area contributed by atoms with Crippen LogP contribution in [0.5, 0.6) is 0 Å².